The first-order chi connectivity index (χ1) is 7.84. The van der Waals surface area contributed by atoms with Crippen molar-refractivity contribution in [3.05, 3.63) is 0 Å². The number of aliphatic hydroxyl groups is 1. The molecule has 0 aromatic carbocycles. The van der Waals surface area contributed by atoms with Crippen molar-refractivity contribution in [2.24, 2.45) is 5.92 Å². The third kappa shape index (κ3) is 15.4. The van der Waals surface area contributed by atoms with Crippen LogP contribution in [0.4, 0.5) is 0 Å². The molecule has 2 unspecified atom stereocenters. The summed E-state index contributed by atoms with van der Waals surface area (Å²) in [5.41, 5.74) is 0. The highest BCUT2D eigenvalue weighted by Crippen LogP contribution is 2.12. The minimum Gasteiger partial charge on any atom is -0.479 e. The maximum Gasteiger partial charge on any atom is 0.332 e. The molecule has 104 valence electrons. The van der Waals surface area contributed by atoms with Crippen LogP contribution in [0.2, 0.25) is 0 Å². The third-order valence-electron chi connectivity index (χ3n) is 2.52. The zero-order chi connectivity index (χ0) is 13.8. The Morgan fingerprint density at radius 2 is 1.76 bits per heavy atom. The summed E-state index contributed by atoms with van der Waals surface area (Å²) in [6.45, 7) is 7.02. The maximum atomic E-state index is 9.45. The van der Waals surface area contributed by atoms with Crippen molar-refractivity contribution < 1.29 is 15.0 Å². The lowest BCUT2D eigenvalue weighted by Gasteiger charge is -2.18. The minimum absolute atomic E-state index is 0.921. The van der Waals surface area contributed by atoms with Gasteiger partial charge in [0.05, 0.1) is 0 Å². The summed E-state index contributed by atoms with van der Waals surface area (Å²) in [5, 5.41) is 15.8. The van der Waals surface area contributed by atoms with Crippen LogP contribution in [-0.4, -0.2) is 47.8 Å². The molecule has 2 atom stereocenters. The average Bonchev–Trinajstić information content (AvgIpc) is 2.24. The van der Waals surface area contributed by atoms with E-state index in [9.17, 15) is 4.79 Å². The first-order valence-corrected chi connectivity index (χ1v) is 6.40. The number of hydrogen-bond donors (Lipinski definition) is 2. The van der Waals surface area contributed by atoms with Crippen LogP contribution in [0.1, 0.15) is 46.5 Å². The Balaban J connectivity index is 0. The van der Waals surface area contributed by atoms with E-state index in [1.165, 1.54) is 39.2 Å². The van der Waals surface area contributed by atoms with Crippen molar-refractivity contribution in [2.75, 3.05) is 20.6 Å². The summed E-state index contributed by atoms with van der Waals surface area (Å²) in [7, 11) is 4.32. The van der Waals surface area contributed by atoms with Crippen LogP contribution < -0.4 is 0 Å². The summed E-state index contributed by atoms with van der Waals surface area (Å²) in [5.74, 6) is -0.264. The van der Waals surface area contributed by atoms with E-state index in [4.69, 9.17) is 10.2 Å². The molecule has 0 bridgehead atoms. The highest BCUT2D eigenvalue weighted by molar-refractivity contribution is 5.71. The highest BCUT2D eigenvalue weighted by Gasteiger charge is 2.05. The predicted molar refractivity (Wildman–Crippen MR) is 71.2 cm³/mol. The SMILES string of the molecule is CC(O)C(=O)O.CCCCC(CC)CN(C)C. The van der Waals surface area contributed by atoms with Crippen LogP contribution in [0.3, 0.4) is 0 Å². The molecule has 0 aliphatic heterocycles. The number of carboxylic acid groups (broad SMARTS) is 1. The largest absolute Gasteiger partial charge is 0.479 e. The Labute approximate surface area is 106 Å². The van der Waals surface area contributed by atoms with Gasteiger partial charge in [0, 0.05) is 6.54 Å². The number of carboxylic acids is 1. The van der Waals surface area contributed by atoms with Gasteiger partial charge in [-0.3, -0.25) is 0 Å². The van der Waals surface area contributed by atoms with Gasteiger partial charge in [0.2, 0.25) is 0 Å². The van der Waals surface area contributed by atoms with Crippen molar-refractivity contribution in [1.29, 1.82) is 0 Å². The molecule has 0 aromatic heterocycles. The van der Waals surface area contributed by atoms with Crippen LogP contribution in [0.15, 0.2) is 0 Å². The maximum absolute atomic E-state index is 9.45. The van der Waals surface area contributed by atoms with E-state index >= 15 is 0 Å². The molecule has 4 nitrogen and oxygen atoms in total. The molecule has 17 heavy (non-hydrogen) atoms. The molecule has 0 heterocycles. The van der Waals surface area contributed by atoms with Crippen molar-refractivity contribution in [3.63, 3.8) is 0 Å². The fourth-order valence-corrected chi connectivity index (χ4v) is 1.43. The Morgan fingerprint density at radius 3 is 2.00 bits per heavy atom. The number of aliphatic carboxylic acids is 1. The Kier molecular flexibility index (Phi) is 13.1. The first kappa shape index (κ1) is 18.7. The molecule has 0 radical (unpaired) electrons. The zero-order valence-corrected chi connectivity index (χ0v) is 11.9. The van der Waals surface area contributed by atoms with Crippen LogP contribution in [0.25, 0.3) is 0 Å². The zero-order valence-electron chi connectivity index (χ0n) is 11.9. The van der Waals surface area contributed by atoms with Crippen LogP contribution in [0.5, 0.6) is 0 Å². The van der Waals surface area contributed by atoms with E-state index in [1.807, 2.05) is 0 Å². The summed E-state index contributed by atoms with van der Waals surface area (Å²) in [6, 6.07) is 0. The molecule has 2 N–H and O–H groups in total. The van der Waals surface area contributed by atoms with E-state index < -0.39 is 12.1 Å². The normalized spacial score (nSPS) is 13.8. The average molecular weight is 247 g/mol. The van der Waals surface area contributed by atoms with E-state index in [1.54, 1.807) is 0 Å². The van der Waals surface area contributed by atoms with Crippen molar-refractivity contribution in [3.8, 4) is 0 Å². The number of unbranched alkanes of at least 4 members (excludes halogenated alkanes) is 1. The van der Waals surface area contributed by atoms with Crippen molar-refractivity contribution in [2.45, 2.75) is 52.6 Å². The van der Waals surface area contributed by atoms with E-state index in [0.29, 0.717) is 0 Å². The number of hydrogen-bond acceptors (Lipinski definition) is 3. The molecular weight excluding hydrogens is 218 g/mol. The Bertz CT molecular complexity index is 182. The molecule has 0 amide bonds. The molecule has 4 heteroatoms. The first-order valence-electron chi connectivity index (χ1n) is 6.40. The van der Waals surface area contributed by atoms with Gasteiger partial charge in [-0.1, -0.05) is 33.1 Å². The predicted octanol–water partition coefficient (Wildman–Crippen LogP) is 2.22. The lowest BCUT2D eigenvalue weighted by molar-refractivity contribution is -0.145. The van der Waals surface area contributed by atoms with Gasteiger partial charge in [-0.05, 0) is 33.4 Å². The van der Waals surface area contributed by atoms with Gasteiger partial charge in [0.15, 0.2) is 0 Å². The Morgan fingerprint density at radius 1 is 1.29 bits per heavy atom. The second kappa shape index (κ2) is 11.9. The highest BCUT2D eigenvalue weighted by atomic mass is 16.4. The summed E-state index contributed by atoms with van der Waals surface area (Å²) in [4.78, 5) is 11.7. The number of carbonyl (C=O) groups is 1. The number of aliphatic hydroxyl groups excluding tert-OH is 1. The van der Waals surface area contributed by atoms with Crippen LogP contribution in [-0.2, 0) is 4.79 Å². The standard InChI is InChI=1S/C10H23N.C3H6O3/c1-5-7-8-10(6-2)9-11(3)4;1-2(4)3(5)6/h10H,5-9H2,1-4H3;2,4H,1H3,(H,5,6). The van der Waals surface area contributed by atoms with E-state index in [-0.39, 0.29) is 0 Å². The third-order valence-corrected chi connectivity index (χ3v) is 2.52. The van der Waals surface area contributed by atoms with E-state index in [0.717, 1.165) is 5.92 Å². The smallest absolute Gasteiger partial charge is 0.332 e. The van der Waals surface area contributed by atoms with E-state index in [2.05, 4.69) is 32.8 Å². The van der Waals surface area contributed by atoms with Gasteiger partial charge >= 0.3 is 5.97 Å². The molecule has 0 fully saturated rings. The fourth-order valence-electron chi connectivity index (χ4n) is 1.43. The van der Waals surface area contributed by atoms with Crippen molar-refractivity contribution in [1.82, 2.24) is 4.90 Å². The van der Waals surface area contributed by atoms with Gasteiger partial charge in [0.25, 0.3) is 0 Å². The van der Waals surface area contributed by atoms with Crippen LogP contribution >= 0.6 is 0 Å². The lowest BCUT2D eigenvalue weighted by atomic mass is 9.99. The minimum atomic E-state index is -1.23. The molecule has 0 aliphatic rings. The number of rotatable bonds is 7. The molecule has 0 saturated carbocycles. The number of nitrogens with zero attached hydrogens (tertiary/aromatic N) is 1. The monoisotopic (exact) mass is 247 g/mol. The van der Waals surface area contributed by atoms with Gasteiger partial charge < -0.3 is 15.1 Å². The summed E-state index contributed by atoms with van der Waals surface area (Å²) < 4.78 is 0. The van der Waals surface area contributed by atoms with Gasteiger partial charge in [-0.2, -0.15) is 0 Å². The Hall–Kier alpha value is -0.610. The van der Waals surface area contributed by atoms with Crippen LogP contribution in [0, 0.1) is 5.92 Å². The second-order valence-electron chi connectivity index (χ2n) is 4.69. The molecule has 0 aromatic rings. The van der Waals surface area contributed by atoms with Gasteiger partial charge in [-0.25, -0.2) is 4.79 Å². The van der Waals surface area contributed by atoms with Gasteiger partial charge in [-0.15, -0.1) is 0 Å². The summed E-state index contributed by atoms with van der Waals surface area (Å²) >= 11 is 0. The van der Waals surface area contributed by atoms with Crippen molar-refractivity contribution >= 4 is 5.97 Å². The quantitative estimate of drug-likeness (QED) is 0.724. The molecule has 0 rings (SSSR count). The molecular formula is C13H29NO3. The lowest BCUT2D eigenvalue weighted by Crippen LogP contribution is -2.21. The summed E-state index contributed by atoms with van der Waals surface area (Å²) in [6.07, 6.45) is 4.24. The topological polar surface area (TPSA) is 60.8 Å². The molecule has 0 aliphatic carbocycles. The second-order valence-corrected chi connectivity index (χ2v) is 4.69. The molecule has 0 saturated heterocycles. The van der Waals surface area contributed by atoms with Gasteiger partial charge in [0.1, 0.15) is 6.10 Å². The molecule has 0 spiro atoms. The fraction of sp³-hybridized carbons (Fsp3) is 0.923.